The Morgan fingerprint density at radius 3 is 2.75 bits per heavy atom. The van der Waals surface area contributed by atoms with Crippen LogP contribution in [0.5, 0.6) is 0 Å². The van der Waals surface area contributed by atoms with Crippen molar-refractivity contribution in [2.75, 3.05) is 0 Å². The fraction of sp³-hybridized carbons (Fsp3) is 0.778. The van der Waals surface area contributed by atoms with Gasteiger partial charge in [0, 0.05) is 0 Å². The maximum absolute atomic E-state index is 5.90. The van der Waals surface area contributed by atoms with Crippen molar-refractivity contribution in [1.29, 1.82) is 0 Å². The average molecular weight is 222 g/mol. The van der Waals surface area contributed by atoms with Gasteiger partial charge in [0.1, 0.15) is 0 Å². The molecule has 0 aromatic heterocycles. The molecule has 1 aliphatic carbocycles. The normalized spacial score (nSPS) is 26.2. The smallest absolute Gasteiger partial charge is 0.146 e. The molecule has 3 heteroatoms. The summed E-state index contributed by atoms with van der Waals surface area (Å²) in [6, 6.07) is 0. The van der Waals surface area contributed by atoms with E-state index in [9.17, 15) is 0 Å². The minimum atomic E-state index is -1.09. The molecule has 0 bridgehead atoms. The standard InChI is InChI=1S/C9H15Cl2Si/c1-8(12(10)11)7-9-5-3-2-4-6-9/h2-3,8-9H,4-7H2,1H3. The molecule has 1 rings (SSSR count). The highest BCUT2D eigenvalue weighted by Gasteiger charge is 2.20. The fourth-order valence-corrected chi connectivity index (χ4v) is 2.71. The first kappa shape index (κ1) is 10.6. The summed E-state index contributed by atoms with van der Waals surface area (Å²) in [6.07, 6.45) is 9.57. The van der Waals surface area contributed by atoms with Crippen LogP contribution in [0.15, 0.2) is 12.2 Å². The maximum Gasteiger partial charge on any atom is 0.276 e. The molecule has 0 spiro atoms. The van der Waals surface area contributed by atoms with Crippen LogP contribution in [0.1, 0.15) is 32.6 Å². The van der Waals surface area contributed by atoms with Gasteiger partial charge in [-0.05, 0) is 37.1 Å². The van der Waals surface area contributed by atoms with Gasteiger partial charge in [0.2, 0.25) is 0 Å². The Morgan fingerprint density at radius 2 is 2.25 bits per heavy atom. The van der Waals surface area contributed by atoms with Crippen molar-refractivity contribution in [2.45, 2.75) is 38.1 Å². The van der Waals surface area contributed by atoms with Crippen molar-refractivity contribution < 1.29 is 0 Å². The van der Waals surface area contributed by atoms with Crippen LogP contribution >= 0.6 is 22.2 Å². The Hall–Kier alpha value is 0.537. The Morgan fingerprint density at radius 1 is 1.50 bits per heavy atom. The molecule has 1 aliphatic rings. The van der Waals surface area contributed by atoms with Crippen LogP contribution in [0.3, 0.4) is 0 Å². The van der Waals surface area contributed by atoms with Crippen molar-refractivity contribution in [2.24, 2.45) is 5.92 Å². The topological polar surface area (TPSA) is 0 Å². The molecule has 0 aliphatic heterocycles. The Balaban J connectivity index is 2.25. The van der Waals surface area contributed by atoms with Gasteiger partial charge in [0.25, 0.3) is 7.42 Å². The second-order valence-electron chi connectivity index (χ2n) is 3.58. The van der Waals surface area contributed by atoms with Crippen molar-refractivity contribution >= 4 is 29.6 Å². The average Bonchev–Trinajstić information content (AvgIpc) is 2.06. The van der Waals surface area contributed by atoms with E-state index >= 15 is 0 Å². The molecular weight excluding hydrogens is 207 g/mol. The van der Waals surface area contributed by atoms with Crippen molar-refractivity contribution in [3.63, 3.8) is 0 Å². The molecule has 0 aromatic carbocycles. The van der Waals surface area contributed by atoms with Gasteiger partial charge in [-0.25, -0.2) is 0 Å². The van der Waals surface area contributed by atoms with E-state index in [0.29, 0.717) is 5.54 Å². The summed E-state index contributed by atoms with van der Waals surface area (Å²) < 4.78 is 0. The number of hydrogen-bond acceptors (Lipinski definition) is 0. The molecule has 69 valence electrons. The first-order valence-electron chi connectivity index (χ1n) is 4.53. The number of rotatable bonds is 3. The zero-order chi connectivity index (χ0) is 8.97. The SMILES string of the molecule is CC(CC1CC=CCC1)[Si](Cl)Cl. The number of allylic oxidation sites excluding steroid dienone is 2. The molecule has 0 fully saturated rings. The quantitative estimate of drug-likeness (QED) is 0.383. The van der Waals surface area contributed by atoms with Gasteiger partial charge < -0.3 is 0 Å². The minimum Gasteiger partial charge on any atom is -0.146 e. The van der Waals surface area contributed by atoms with Gasteiger partial charge in [-0.15, -0.1) is 22.2 Å². The third-order valence-electron chi connectivity index (χ3n) is 2.44. The van der Waals surface area contributed by atoms with Crippen LogP contribution in [0.4, 0.5) is 0 Å². The third-order valence-corrected chi connectivity index (χ3v) is 5.65. The minimum absolute atomic E-state index is 0.537. The Labute approximate surface area is 86.0 Å². The van der Waals surface area contributed by atoms with E-state index in [1.807, 2.05) is 0 Å². The molecule has 0 saturated carbocycles. The maximum atomic E-state index is 5.90. The lowest BCUT2D eigenvalue weighted by molar-refractivity contribution is 0.440. The van der Waals surface area contributed by atoms with Gasteiger partial charge in [0.15, 0.2) is 0 Å². The predicted octanol–water partition coefficient (Wildman–Crippen LogP) is 4.09. The zero-order valence-electron chi connectivity index (χ0n) is 7.39. The Bertz CT molecular complexity index is 157. The molecular formula is C9H15Cl2Si. The van der Waals surface area contributed by atoms with Gasteiger partial charge in [0.05, 0.1) is 0 Å². The summed E-state index contributed by atoms with van der Waals surface area (Å²) in [5.41, 5.74) is 0.537. The summed E-state index contributed by atoms with van der Waals surface area (Å²) in [4.78, 5) is 0. The highest BCUT2D eigenvalue weighted by atomic mass is 35.7. The molecule has 0 aromatic rings. The van der Waals surface area contributed by atoms with Crippen molar-refractivity contribution in [1.82, 2.24) is 0 Å². The summed E-state index contributed by atoms with van der Waals surface area (Å²) in [6.45, 7) is 2.17. The lowest BCUT2D eigenvalue weighted by Gasteiger charge is -2.21. The van der Waals surface area contributed by atoms with E-state index in [0.717, 1.165) is 5.92 Å². The highest BCUT2D eigenvalue weighted by molar-refractivity contribution is 7.34. The lowest BCUT2D eigenvalue weighted by atomic mass is 9.90. The second-order valence-corrected chi connectivity index (χ2v) is 8.17. The van der Waals surface area contributed by atoms with E-state index in [-0.39, 0.29) is 0 Å². The summed E-state index contributed by atoms with van der Waals surface area (Å²) in [5.74, 6) is 0.836. The molecule has 0 heterocycles. The van der Waals surface area contributed by atoms with Gasteiger partial charge in [-0.2, -0.15) is 0 Å². The van der Waals surface area contributed by atoms with Crippen molar-refractivity contribution in [3.8, 4) is 0 Å². The first-order chi connectivity index (χ1) is 5.70. The summed E-state index contributed by atoms with van der Waals surface area (Å²) in [5, 5.41) is 0. The fourth-order valence-electron chi connectivity index (χ4n) is 1.66. The lowest BCUT2D eigenvalue weighted by Crippen LogP contribution is -2.11. The first-order valence-corrected chi connectivity index (χ1v) is 8.13. The number of halogens is 2. The van der Waals surface area contributed by atoms with Crippen LogP contribution in [-0.4, -0.2) is 7.42 Å². The van der Waals surface area contributed by atoms with Crippen LogP contribution in [0.2, 0.25) is 5.54 Å². The van der Waals surface area contributed by atoms with Crippen molar-refractivity contribution in [3.05, 3.63) is 12.2 Å². The largest absolute Gasteiger partial charge is 0.276 e. The monoisotopic (exact) mass is 221 g/mol. The summed E-state index contributed by atoms with van der Waals surface area (Å²) in [7, 11) is -1.09. The van der Waals surface area contributed by atoms with E-state index in [4.69, 9.17) is 22.2 Å². The van der Waals surface area contributed by atoms with E-state index in [1.54, 1.807) is 0 Å². The van der Waals surface area contributed by atoms with Gasteiger partial charge in [-0.1, -0.05) is 19.1 Å². The molecule has 0 amide bonds. The Kier molecular flexibility index (Phi) is 4.69. The van der Waals surface area contributed by atoms with Crippen LogP contribution in [-0.2, 0) is 0 Å². The molecule has 0 saturated heterocycles. The van der Waals surface area contributed by atoms with E-state index in [2.05, 4.69) is 19.1 Å². The van der Waals surface area contributed by atoms with Gasteiger partial charge in [-0.3, -0.25) is 0 Å². The predicted molar refractivity (Wildman–Crippen MR) is 58.0 cm³/mol. The summed E-state index contributed by atoms with van der Waals surface area (Å²) >= 11 is 11.8. The molecule has 2 atom stereocenters. The molecule has 2 unspecified atom stereocenters. The van der Waals surface area contributed by atoms with Crippen LogP contribution < -0.4 is 0 Å². The second kappa shape index (κ2) is 5.31. The van der Waals surface area contributed by atoms with Crippen LogP contribution in [0, 0.1) is 5.92 Å². The zero-order valence-corrected chi connectivity index (χ0v) is 9.91. The molecule has 0 nitrogen and oxygen atoms in total. The highest BCUT2D eigenvalue weighted by Crippen LogP contribution is 2.31. The third kappa shape index (κ3) is 3.50. The van der Waals surface area contributed by atoms with Gasteiger partial charge >= 0.3 is 0 Å². The molecule has 0 N–H and O–H groups in total. The van der Waals surface area contributed by atoms with Crippen LogP contribution in [0.25, 0.3) is 0 Å². The van der Waals surface area contributed by atoms with E-state index < -0.39 is 7.42 Å². The molecule has 12 heavy (non-hydrogen) atoms. The van der Waals surface area contributed by atoms with E-state index in [1.165, 1.54) is 25.7 Å². The molecule has 1 radical (unpaired) electrons. The number of hydrogen-bond donors (Lipinski definition) is 0.